The van der Waals surface area contributed by atoms with Gasteiger partial charge in [0.15, 0.2) is 5.17 Å². The van der Waals surface area contributed by atoms with Gasteiger partial charge in [0, 0.05) is 18.7 Å². The number of ether oxygens (including phenoxy) is 1. The summed E-state index contributed by atoms with van der Waals surface area (Å²) in [5, 5.41) is 5.73. The summed E-state index contributed by atoms with van der Waals surface area (Å²) < 4.78 is 5.73. The summed E-state index contributed by atoms with van der Waals surface area (Å²) in [4.78, 5) is 28.6. The van der Waals surface area contributed by atoms with Gasteiger partial charge in [-0.1, -0.05) is 43.3 Å². The molecule has 2 aromatic carbocycles. The number of para-hydroxylation sites is 1. The van der Waals surface area contributed by atoms with Gasteiger partial charge in [-0.2, -0.15) is 0 Å². The smallest absolute Gasteiger partial charge is 0.240 e. The highest BCUT2D eigenvalue weighted by molar-refractivity contribution is 8.15. The predicted molar refractivity (Wildman–Crippen MR) is 113 cm³/mol. The molecular formula is C21H23N3O3S. The van der Waals surface area contributed by atoms with Gasteiger partial charge >= 0.3 is 0 Å². The van der Waals surface area contributed by atoms with E-state index in [1.807, 2.05) is 30.3 Å². The van der Waals surface area contributed by atoms with Gasteiger partial charge in [0.1, 0.15) is 16.7 Å². The van der Waals surface area contributed by atoms with Crippen molar-refractivity contribution in [1.29, 1.82) is 0 Å². The minimum atomic E-state index is -0.443. The molecule has 3 rings (SSSR count). The maximum atomic E-state index is 12.3. The highest BCUT2D eigenvalue weighted by Crippen LogP contribution is 2.25. The molecule has 146 valence electrons. The van der Waals surface area contributed by atoms with Gasteiger partial charge in [0.2, 0.25) is 11.8 Å². The molecule has 2 aromatic rings. The first-order valence-electron chi connectivity index (χ1n) is 9.29. The van der Waals surface area contributed by atoms with E-state index in [1.165, 1.54) is 11.8 Å². The maximum Gasteiger partial charge on any atom is 0.240 e. The molecule has 1 atom stereocenters. The molecule has 1 fully saturated rings. The number of carbonyl (C=O) groups excluding carboxylic acids is 2. The summed E-state index contributed by atoms with van der Waals surface area (Å²) in [5.74, 6) is 1.06. The van der Waals surface area contributed by atoms with Gasteiger partial charge in [-0.25, -0.2) is 0 Å². The fraction of sp³-hybridized carbons (Fsp3) is 0.286. The molecule has 6 nitrogen and oxygen atoms in total. The minimum absolute atomic E-state index is 0.103. The van der Waals surface area contributed by atoms with Gasteiger partial charge < -0.3 is 15.4 Å². The molecule has 0 spiro atoms. The number of benzene rings is 2. The zero-order valence-corrected chi connectivity index (χ0v) is 16.5. The predicted octanol–water partition coefficient (Wildman–Crippen LogP) is 4.20. The summed E-state index contributed by atoms with van der Waals surface area (Å²) in [6.45, 7) is 2.78. The van der Waals surface area contributed by atoms with Crippen LogP contribution in [-0.4, -0.2) is 28.8 Å². The van der Waals surface area contributed by atoms with Crippen LogP contribution in [0.25, 0.3) is 0 Å². The first-order chi connectivity index (χ1) is 13.6. The van der Waals surface area contributed by atoms with E-state index in [0.717, 1.165) is 18.6 Å². The minimum Gasteiger partial charge on any atom is -0.457 e. The zero-order chi connectivity index (χ0) is 19.8. The van der Waals surface area contributed by atoms with Crippen molar-refractivity contribution >= 4 is 34.4 Å². The van der Waals surface area contributed by atoms with Gasteiger partial charge in [-0.3, -0.25) is 14.6 Å². The molecule has 0 bridgehead atoms. The van der Waals surface area contributed by atoms with Crippen molar-refractivity contribution in [2.24, 2.45) is 4.99 Å². The Kier molecular flexibility index (Phi) is 7.08. The maximum absolute atomic E-state index is 12.3. The number of anilines is 1. The van der Waals surface area contributed by atoms with Gasteiger partial charge in [0.25, 0.3) is 0 Å². The number of amidine groups is 1. The molecule has 0 aromatic heterocycles. The quantitative estimate of drug-likeness (QED) is 0.655. The van der Waals surface area contributed by atoms with E-state index in [1.54, 1.807) is 24.3 Å². The van der Waals surface area contributed by atoms with E-state index in [2.05, 4.69) is 22.5 Å². The van der Waals surface area contributed by atoms with Crippen LogP contribution < -0.4 is 15.4 Å². The second kappa shape index (κ2) is 9.94. The Morgan fingerprint density at radius 3 is 2.57 bits per heavy atom. The van der Waals surface area contributed by atoms with Gasteiger partial charge in [0.05, 0.1) is 0 Å². The van der Waals surface area contributed by atoms with Crippen LogP contribution in [0.2, 0.25) is 0 Å². The second-order valence-electron chi connectivity index (χ2n) is 6.33. The summed E-state index contributed by atoms with van der Waals surface area (Å²) in [7, 11) is 0. The van der Waals surface area contributed by atoms with E-state index in [0.29, 0.717) is 23.1 Å². The number of thioether (sulfide) groups is 1. The van der Waals surface area contributed by atoms with Crippen molar-refractivity contribution < 1.29 is 14.3 Å². The number of amides is 2. The summed E-state index contributed by atoms with van der Waals surface area (Å²) >= 11 is 1.32. The third-order valence-corrected chi connectivity index (χ3v) is 5.15. The van der Waals surface area contributed by atoms with E-state index >= 15 is 0 Å². The SMILES string of the molecule is CCCCN=C1NC(=O)[C@H](CC(=O)Nc2ccc(Oc3ccccc3)cc2)S1. The summed E-state index contributed by atoms with van der Waals surface area (Å²) in [5.41, 5.74) is 0.658. The van der Waals surface area contributed by atoms with Crippen molar-refractivity contribution in [1.82, 2.24) is 5.32 Å². The molecule has 0 radical (unpaired) electrons. The van der Waals surface area contributed by atoms with E-state index < -0.39 is 5.25 Å². The Morgan fingerprint density at radius 2 is 1.86 bits per heavy atom. The molecule has 1 aliphatic heterocycles. The van der Waals surface area contributed by atoms with Crippen molar-refractivity contribution in [2.75, 3.05) is 11.9 Å². The van der Waals surface area contributed by atoms with Crippen LogP contribution >= 0.6 is 11.8 Å². The zero-order valence-electron chi connectivity index (χ0n) is 15.7. The number of rotatable bonds is 8. The Hall–Kier alpha value is -2.80. The average Bonchev–Trinajstić information content (AvgIpc) is 3.03. The third kappa shape index (κ3) is 5.85. The van der Waals surface area contributed by atoms with Crippen LogP contribution in [0.5, 0.6) is 11.5 Å². The number of unbranched alkanes of at least 4 members (excludes halogenated alkanes) is 1. The van der Waals surface area contributed by atoms with Crippen LogP contribution in [0.1, 0.15) is 26.2 Å². The molecule has 1 heterocycles. The lowest BCUT2D eigenvalue weighted by Gasteiger charge is -2.09. The number of hydrogen-bond acceptors (Lipinski definition) is 5. The van der Waals surface area contributed by atoms with Gasteiger partial charge in [-0.05, 0) is 42.8 Å². The molecule has 2 amide bonds. The molecule has 28 heavy (non-hydrogen) atoms. The van der Waals surface area contributed by atoms with Crippen molar-refractivity contribution in [2.45, 2.75) is 31.4 Å². The van der Waals surface area contributed by atoms with Crippen molar-refractivity contribution in [3.8, 4) is 11.5 Å². The molecule has 0 saturated carbocycles. The average molecular weight is 398 g/mol. The number of nitrogens with zero attached hydrogens (tertiary/aromatic N) is 1. The van der Waals surface area contributed by atoms with Crippen LogP contribution in [0, 0.1) is 0 Å². The highest BCUT2D eigenvalue weighted by Gasteiger charge is 2.31. The van der Waals surface area contributed by atoms with Crippen LogP contribution in [0.3, 0.4) is 0 Å². The van der Waals surface area contributed by atoms with E-state index in [9.17, 15) is 9.59 Å². The number of carbonyl (C=O) groups is 2. The Bertz CT molecular complexity index is 838. The largest absolute Gasteiger partial charge is 0.457 e. The second-order valence-corrected chi connectivity index (χ2v) is 7.52. The molecule has 2 N–H and O–H groups in total. The fourth-order valence-corrected chi connectivity index (χ4v) is 3.56. The van der Waals surface area contributed by atoms with Crippen LogP contribution in [-0.2, 0) is 9.59 Å². The number of hydrogen-bond donors (Lipinski definition) is 2. The van der Waals surface area contributed by atoms with Gasteiger partial charge in [-0.15, -0.1) is 0 Å². The van der Waals surface area contributed by atoms with Crippen molar-refractivity contribution in [3.05, 3.63) is 54.6 Å². The van der Waals surface area contributed by atoms with Crippen molar-refractivity contribution in [3.63, 3.8) is 0 Å². The molecular weight excluding hydrogens is 374 g/mol. The first-order valence-corrected chi connectivity index (χ1v) is 10.2. The molecule has 0 unspecified atom stereocenters. The summed E-state index contributed by atoms with van der Waals surface area (Å²) in [6, 6.07) is 16.6. The van der Waals surface area contributed by atoms with Crippen LogP contribution in [0.4, 0.5) is 5.69 Å². The lowest BCUT2D eigenvalue weighted by atomic mass is 10.2. The Morgan fingerprint density at radius 1 is 1.14 bits per heavy atom. The van der Waals surface area contributed by atoms with E-state index in [4.69, 9.17) is 4.74 Å². The lowest BCUT2D eigenvalue weighted by Crippen LogP contribution is -2.28. The normalized spacial score (nSPS) is 17.4. The number of nitrogens with one attached hydrogen (secondary N) is 2. The van der Waals surface area contributed by atoms with Crippen LogP contribution in [0.15, 0.2) is 59.6 Å². The first kappa shape index (κ1) is 19.9. The fourth-order valence-electron chi connectivity index (χ4n) is 2.56. The Balaban J connectivity index is 1.49. The summed E-state index contributed by atoms with van der Waals surface area (Å²) in [6.07, 6.45) is 2.14. The standard InChI is InChI=1S/C21H23N3O3S/c1-2-3-13-22-21-24-20(26)18(28-21)14-19(25)23-15-9-11-17(12-10-15)27-16-7-5-4-6-8-16/h4-12,18H,2-3,13-14H2,1H3,(H,23,25)(H,22,24,26)/t18-/m0/s1. The number of aliphatic imine (C=N–C) groups is 1. The topological polar surface area (TPSA) is 79.8 Å². The monoisotopic (exact) mass is 397 g/mol. The molecule has 1 aliphatic rings. The molecule has 0 aliphatic carbocycles. The van der Waals surface area contributed by atoms with E-state index in [-0.39, 0.29) is 18.2 Å². The third-order valence-electron chi connectivity index (χ3n) is 4.03. The molecule has 7 heteroatoms. The lowest BCUT2D eigenvalue weighted by molar-refractivity contribution is -0.122. The Labute approximate surface area is 168 Å². The molecule has 1 saturated heterocycles. The highest BCUT2D eigenvalue weighted by atomic mass is 32.2.